The van der Waals surface area contributed by atoms with E-state index in [2.05, 4.69) is 25.9 Å². The number of aromatic nitrogens is 3. The molecule has 34 heavy (non-hydrogen) atoms. The van der Waals surface area contributed by atoms with Gasteiger partial charge in [0.1, 0.15) is 17.7 Å². The summed E-state index contributed by atoms with van der Waals surface area (Å²) in [6.07, 6.45) is -2.29. The van der Waals surface area contributed by atoms with Gasteiger partial charge in [-0.3, -0.25) is 9.78 Å². The minimum Gasteiger partial charge on any atom is -0.363 e. The van der Waals surface area contributed by atoms with Crippen molar-refractivity contribution in [3.8, 4) is 0 Å². The summed E-state index contributed by atoms with van der Waals surface area (Å²) < 4.78 is 82.3. The van der Waals surface area contributed by atoms with E-state index in [9.17, 15) is 31.1 Å². The largest absolute Gasteiger partial charge is 0.455 e. The van der Waals surface area contributed by atoms with Crippen LogP contribution in [0.1, 0.15) is 40.1 Å². The Morgan fingerprint density at radius 2 is 1.79 bits per heavy atom. The van der Waals surface area contributed by atoms with E-state index in [4.69, 9.17) is 0 Å². The van der Waals surface area contributed by atoms with Gasteiger partial charge in [-0.2, -0.15) is 32.2 Å². The Labute approximate surface area is 188 Å². The van der Waals surface area contributed by atoms with Crippen LogP contribution in [0.15, 0.2) is 60.0 Å². The summed E-state index contributed by atoms with van der Waals surface area (Å²) in [6.45, 7) is 0. The maximum absolute atomic E-state index is 14.4. The Kier molecular flexibility index (Phi) is 6.02. The highest BCUT2D eigenvalue weighted by molar-refractivity contribution is 5.93. The molecule has 1 aliphatic heterocycles. The summed E-state index contributed by atoms with van der Waals surface area (Å²) in [5.74, 6) is -6.88. The molecule has 0 saturated carbocycles. The third-order valence-corrected chi connectivity index (χ3v) is 5.20. The van der Waals surface area contributed by atoms with Crippen LogP contribution < -0.4 is 10.7 Å². The molecule has 0 fully saturated rings. The van der Waals surface area contributed by atoms with Gasteiger partial charge >= 0.3 is 12.1 Å². The fourth-order valence-electron chi connectivity index (χ4n) is 3.49. The van der Waals surface area contributed by atoms with Crippen LogP contribution in [0.3, 0.4) is 0 Å². The summed E-state index contributed by atoms with van der Waals surface area (Å²) in [5, 5.41) is 10.2. The van der Waals surface area contributed by atoms with Crippen molar-refractivity contribution in [3.05, 3.63) is 77.5 Å². The molecule has 0 radical (unpaired) electrons. The van der Waals surface area contributed by atoms with Crippen molar-refractivity contribution >= 4 is 17.9 Å². The number of hydrogen-bond donors (Lipinski definition) is 2. The first-order chi connectivity index (χ1) is 16.1. The number of anilines is 1. The molecule has 1 aliphatic rings. The predicted molar refractivity (Wildman–Crippen MR) is 109 cm³/mol. The van der Waals surface area contributed by atoms with Crippen molar-refractivity contribution in [1.82, 2.24) is 20.2 Å². The Balaban J connectivity index is 1.63. The summed E-state index contributed by atoms with van der Waals surface area (Å²) >= 11 is 0. The summed E-state index contributed by atoms with van der Waals surface area (Å²) in [6, 6.07) is 5.50. The number of carbonyl (C=O) groups is 1. The van der Waals surface area contributed by atoms with E-state index in [-0.39, 0.29) is 5.82 Å². The number of pyridine rings is 1. The molecule has 7 nitrogen and oxygen atoms in total. The van der Waals surface area contributed by atoms with Gasteiger partial charge in [0, 0.05) is 24.9 Å². The van der Waals surface area contributed by atoms with Crippen LogP contribution in [-0.4, -0.2) is 39.0 Å². The predicted octanol–water partition coefficient (Wildman–Crippen LogP) is 4.48. The number of carbonyl (C=O) groups excluding carboxylic acids is 1. The smallest absolute Gasteiger partial charge is 0.363 e. The van der Waals surface area contributed by atoms with E-state index < -0.39 is 48.0 Å². The van der Waals surface area contributed by atoms with Crippen molar-refractivity contribution < 1.29 is 31.1 Å². The van der Waals surface area contributed by atoms with E-state index >= 15 is 0 Å². The molecular formula is C21H16F6N6O. The number of hydrazone groups is 1. The zero-order valence-corrected chi connectivity index (χ0v) is 17.1. The van der Waals surface area contributed by atoms with Gasteiger partial charge < -0.3 is 5.32 Å². The SMILES string of the molecule is O=C(N/N=C\c1ccncc1)c1cc2n(n1)[C@H](C(F)(F)C(F)(F)F)C[C@H](c1ccc(F)cc1)N2. The molecule has 3 aromatic rings. The second-order valence-corrected chi connectivity index (χ2v) is 7.46. The lowest BCUT2D eigenvalue weighted by Gasteiger charge is -2.37. The minimum atomic E-state index is -5.86. The second kappa shape index (κ2) is 8.80. The number of rotatable bonds is 5. The molecular weight excluding hydrogens is 466 g/mol. The van der Waals surface area contributed by atoms with Crippen molar-refractivity contribution in [2.45, 2.75) is 30.6 Å². The Morgan fingerprint density at radius 1 is 1.12 bits per heavy atom. The Morgan fingerprint density at radius 3 is 2.44 bits per heavy atom. The van der Waals surface area contributed by atoms with Crippen molar-refractivity contribution in [2.75, 3.05) is 5.32 Å². The molecule has 0 saturated heterocycles. The van der Waals surface area contributed by atoms with Crippen LogP contribution in [0.4, 0.5) is 32.2 Å². The molecule has 3 heterocycles. The van der Waals surface area contributed by atoms with Gasteiger partial charge in [0.2, 0.25) is 0 Å². The number of fused-ring (bicyclic) bond motifs is 1. The lowest BCUT2D eigenvalue weighted by molar-refractivity contribution is -0.301. The van der Waals surface area contributed by atoms with Crippen molar-refractivity contribution in [3.63, 3.8) is 0 Å². The van der Waals surface area contributed by atoms with Gasteiger partial charge in [0.15, 0.2) is 5.69 Å². The second-order valence-electron chi connectivity index (χ2n) is 7.46. The van der Waals surface area contributed by atoms with Crippen LogP contribution in [0, 0.1) is 5.82 Å². The van der Waals surface area contributed by atoms with Crippen LogP contribution in [0.2, 0.25) is 0 Å². The van der Waals surface area contributed by atoms with Crippen LogP contribution >= 0.6 is 0 Å². The lowest BCUT2D eigenvalue weighted by Crippen LogP contribution is -2.47. The maximum atomic E-state index is 14.4. The summed E-state index contributed by atoms with van der Waals surface area (Å²) in [4.78, 5) is 16.2. The molecule has 0 aliphatic carbocycles. The van der Waals surface area contributed by atoms with Crippen LogP contribution in [0.25, 0.3) is 0 Å². The maximum Gasteiger partial charge on any atom is 0.455 e. The molecule has 2 atom stereocenters. The molecule has 1 amide bonds. The monoisotopic (exact) mass is 482 g/mol. The van der Waals surface area contributed by atoms with E-state index in [1.165, 1.54) is 30.7 Å². The number of nitrogens with zero attached hydrogens (tertiary/aromatic N) is 4. The molecule has 0 unspecified atom stereocenters. The Bertz CT molecular complexity index is 1190. The standard InChI is InChI=1S/C21H16F6N6O/c22-14-3-1-13(2-4-14)15-9-17(20(23,24)21(25,26)27)33-18(30-15)10-16(32-33)19(34)31-29-11-12-5-7-28-8-6-12/h1-8,10-11,15,17,30H,9H2,(H,31,34)/b29-11-/t15-,17+/m1/s1. The first kappa shape index (κ1) is 23.3. The molecule has 13 heteroatoms. The average molecular weight is 482 g/mol. The van der Waals surface area contributed by atoms with Gasteiger partial charge in [-0.15, -0.1) is 0 Å². The van der Waals surface area contributed by atoms with E-state index in [0.717, 1.165) is 18.2 Å². The van der Waals surface area contributed by atoms with E-state index in [1.807, 2.05) is 0 Å². The van der Waals surface area contributed by atoms with Crippen LogP contribution in [-0.2, 0) is 0 Å². The third kappa shape index (κ3) is 4.58. The van der Waals surface area contributed by atoms with Gasteiger partial charge in [0.25, 0.3) is 5.91 Å². The zero-order valence-electron chi connectivity index (χ0n) is 17.1. The number of alkyl halides is 5. The molecule has 2 aromatic heterocycles. The number of benzene rings is 1. The van der Waals surface area contributed by atoms with Gasteiger partial charge in [-0.25, -0.2) is 14.5 Å². The topological polar surface area (TPSA) is 84.2 Å². The zero-order chi connectivity index (χ0) is 24.5. The lowest BCUT2D eigenvalue weighted by atomic mass is 9.93. The fourth-order valence-corrected chi connectivity index (χ4v) is 3.49. The van der Waals surface area contributed by atoms with Crippen molar-refractivity contribution in [1.29, 1.82) is 0 Å². The first-order valence-electron chi connectivity index (χ1n) is 9.86. The van der Waals surface area contributed by atoms with Gasteiger partial charge in [-0.05, 0) is 35.4 Å². The first-order valence-corrected chi connectivity index (χ1v) is 9.86. The molecule has 178 valence electrons. The van der Waals surface area contributed by atoms with Crippen molar-refractivity contribution in [2.24, 2.45) is 5.10 Å². The highest BCUT2D eigenvalue weighted by atomic mass is 19.4. The van der Waals surface area contributed by atoms with Gasteiger partial charge in [-0.1, -0.05) is 12.1 Å². The summed E-state index contributed by atoms with van der Waals surface area (Å²) in [7, 11) is 0. The number of halogens is 6. The molecule has 0 spiro atoms. The normalized spacial score (nSPS) is 18.4. The number of amides is 1. The number of nitrogens with one attached hydrogen (secondary N) is 2. The minimum absolute atomic E-state index is 0.224. The highest BCUT2D eigenvalue weighted by Gasteiger charge is 2.64. The van der Waals surface area contributed by atoms with Crippen LogP contribution in [0.5, 0.6) is 0 Å². The van der Waals surface area contributed by atoms with Gasteiger partial charge in [0.05, 0.1) is 12.3 Å². The fraction of sp³-hybridized carbons (Fsp3) is 0.238. The molecule has 4 rings (SSSR count). The number of hydrogen-bond acceptors (Lipinski definition) is 5. The van der Waals surface area contributed by atoms with E-state index in [0.29, 0.717) is 15.8 Å². The molecule has 0 bridgehead atoms. The quantitative estimate of drug-likeness (QED) is 0.319. The molecule has 2 N–H and O–H groups in total. The van der Waals surface area contributed by atoms with E-state index in [1.54, 1.807) is 12.1 Å². The third-order valence-electron chi connectivity index (χ3n) is 5.20. The summed E-state index contributed by atoms with van der Waals surface area (Å²) in [5.41, 5.74) is 2.63. The average Bonchev–Trinajstić information content (AvgIpc) is 3.23. The molecule has 1 aromatic carbocycles. The highest BCUT2D eigenvalue weighted by Crippen LogP contribution is 2.50. The Hall–Kier alpha value is -3.90.